The molecule has 0 radical (unpaired) electrons. The summed E-state index contributed by atoms with van der Waals surface area (Å²) in [5, 5.41) is 9.14. The number of alkyl halides is 6. The van der Waals surface area contributed by atoms with Gasteiger partial charge in [-0.3, -0.25) is 9.59 Å². The summed E-state index contributed by atoms with van der Waals surface area (Å²) in [6.45, 7) is 1.27. The first-order chi connectivity index (χ1) is 19.8. The van der Waals surface area contributed by atoms with Crippen molar-refractivity contribution in [1.82, 2.24) is 4.90 Å². The fourth-order valence-corrected chi connectivity index (χ4v) is 6.04. The molecule has 42 heavy (non-hydrogen) atoms. The molecular formula is C29H29F6NO5S. The second-order valence-corrected chi connectivity index (χ2v) is 11.2. The molecule has 4 rings (SSSR count). The summed E-state index contributed by atoms with van der Waals surface area (Å²) < 4.78 is 96.0. The number of rotatable bonds is 8. The van der Waals surface area contributed by atoms with Crippen molar-refractivity contribution in [2.75, 3.05) is 32.9 Å². The highest BCUT2D eigenvalue weighted by atomic mass is 32.2. The normalized spacial score (nSPS) is 20.1. The average Bonchev–Trinajstić information content (AvgIpc) is 2.94. The minimum Gasteiger partial charge on any atom is -0.493 e. The van der Waals surface area contributed by atoms with Crippen LogP contribution in [-0.4, -0.2) is 54.8 Å². The summed E-state index contributed by atoms with van der Waals surface area (Å²) in [5.41, 5.74) is -4.46. The van der Waals surface area contributed by atoms with Gasteiger partial charge >= 0.3 is 18.3 Å². The van der Waals surface area contributed by atoms with Gasteiger partial charge in [0, 0.05) is 29.0 Å². The maximum atomic E-state index is 14.2. The molecule has 0 unspecified atom stereocenters. The number of amides is 1. The molecule has 1 heterocycles. The number of carboxylic acid groups (broad SMARTS) is 1. The molecule has 1 amide bonds. The summed E-state index contributed by atoms with van der Waals surface area (Å²) in [5.74, 6) is -1.36. The van der Waals surface area contributed by atoms with Gasteiger partial charge in [-0.25, -0.2) is 0 Å². The molecule has 6 nitrogen and oxygen atoms in total. The van der Waals surface area contributed by atoms with Crippen LogP contribution >= 0.6 is 11.8 Å². The Kier molecular flexibility index (Phi) is 10.1. The predicted octanol–water partition coefficient (Wildman–Crippen LogP) is 7.02. The minimum absolute atomic E-state index is 0.124. The van der Waals surface area contributed by atoms with E-state index < -0.39 is 45.8 Å². The quantitative estimate of drug-likeness (QED) is 0.254. The molecule has 2 fully saturated rings. The first-order valence-corrected chi connectivity index (χ1v) is 14.1. The Morgan fingerprint density at radius 1 is 0.976 bits per heavy atom. The van der Waals surface area contributed by atoms with Crippen LogP contribution in [0, 0.1) is 11.8 Å². The fourth-order valence-electron chi connectivity index (χ4n) is 5.01. The van der Waals surface area contributed by atoms with Crippen LogP contribution in [0.3, 0.4) is 0 Å². The van der Waals surface area contributed by atoms with E-state index in [1.165, 1.54) is 23.1 Å². The molecule has 1 aliphatic carbocycles. The highest BCUT2D eigenvalue weighted by molar-refractivity contribution is 7.99. The molecule has 228 valence electrons. The third kappa shape index (κ3) is 8.21. The number of aliphatic carboxylic acids is 1. The van der Waals surface area contributed by atoms with Crippen molar-refractivity contribution in [3.05, 3.63) is 59.2 Å². The highest BCUT2D eigenvalue weighted by Gasteiger charge is 2.46. The Balaban J connectivity index is 1.55. The van der Waals surface area contributed by atoms with E-state index in [0.29, 0.717) is 43.2 Å². The second-order valence-electron chi connectivity index (χ2n) is 10.1. The molecule has 1 N–H and O–H groups in total. The molecule has 2 aliphatic rings. The summed E-state index contributed by atoms with van der Waals surface area (Å²) in [7, 11) is 0. The van der Waals surface area contributed by atoms with Crippen LogP contribution in [0.2, 0.25) is 0 Å². The zero-order valence-electron chi connectivity index (χ0n) is 22.3. The zero-order chi connectivity index (χ0) is 30.5. The molecule has 2 aromatic rings. The summed E-state index contributed by atoms with van der Waals surface area (Å²) in [4.78, 5) is 24.5. The SMILES string of the molecule is O=C(O)C1CCC(COc2cccc(Sc3ccc(/C=C\C(=O)N4CCOCC4)c(C(F)(F)F)c3C(F)(F)F)c2)CC1. The van der Waals surface area contributed by atoms with Gasteiger partial charge in [-0.2, -0.15) is 26.3 Å². The lowest BCUT2D eigenvalue weighted by atomic mass is 9.82. The third-order valence-electron chi connectivity index (χ3n) is 7.21. The number of carbonyl (C=O) groups is 2. The Morgan fingerprint density at radius 3 is 2.26 bits per heavy atom. The van der Waals surface area contributed by atoms with Crippen molar-refractivity contribution >= 4 is 29.7 Å². The summed E-state index contributed by atoms with van der Waals surface area (Å²) in [6.07, 6.45) is -6.68. The van der Waals surface area contributed by atoms with Crippen LogP contribution in [0.1, 0.15) is 42.4 Å². The number of morpholine rings is 1. The van der Waals surface area contributed by atoms with Gasteiger partial charge in [0.15, 0.2) is 0 Å². The van der Waals surface area contributed by atoms with E-state index in [2.05, 4.69) is 0 Å². The van der Waals surface area contributed by atoms with Gasteiger partial charge in [0.1, 0.15) is 5.75 Å². The first kappa shape index (κ1) is 31.7. The number of benzene rings is 2. The van der Waals surface area contributed by atoms with Crippen LogP contribution in [0.4, 0.5) is 26.3 Å². The standard InChI is InChI=1S/C29H29F6NO5S/c30-28(31,32)25-19(9-11-24(37)36-12-14-40-15-13-36)8-10-23(26(25)29(33,34)35)42-22-3-1-2-21(16-22)41-17-18-4-6-20(7-5-18)27(38)39/h1-3,8-11,16,18,20H,4-7,12-15,17H2,(H,38,39)/b11-9-. The summed E-state index contributed by atoms with van der Waals surface area (Å²) >= 11 is 0.528. The molecule has 1 saturated carbocycles. The molecule has 0 atom stereocenters. The number of nitrogens with zero attached hydrogens (tertiary/aromatic N) is 1. The maximum Gasteiger partial charge on any atom is 0.418 e. The first-order valence-electron chi connectivity index (χ1n) is 13.3. The number of ether oxygens (including phenoxy) is 2. The number of halogens is 6. The Bertz CT molecular complexity index is 1300. The lowest BCUT2D eigenvalue weighted by Gasteiger charge is -2.26. The Morgan fingerprint density at radius 2 is 1.64 bits per heavy atom. The Labute approximate surface area is 242 Å². The van der Waals surface area contributed by atoms with Crippen LogP contribution in [0.5, 0.6) is 5.75 Å². The predicted molar refractivity (Wildman–Crippen MR) is 142 cm³/mol. The van der Waals surface area contributed by atoms with Gasteiger partial charge < -0.3 is 19.5 Å². The molecule has 2 aromatic carbocycles. The van der Waals surface area contributed by atoms with Crippen molar-refractivity contribution in [2.45, 2.75) is 47.8 Å². The van der Waals surface area contributed by atoms with Gasteiger partial charge in [0.05, 0.1) is 36.9 Å². The minimum atomic E-state index is -5.35. The van der Waals surface area contributed by atoms with E-state index >= 15 is 0 Å². The monoisotopic (exact) mass is 617 g/mol. The number of hydrogen-bond donors (Lipinski definition) is 1. The second kappa shape index (κ2) is 13.4. The van der Waals surface area contributed by atoms with Crippen LogP contribution in [0.25, 0.3) is 6.08 Å². The van der Waals surface area contributed by atoms with Crippen molar-refractivity contribution < 1.29 is 50.5 Å². The maximum absolute atomic E-state index is 14.2. The number of hydrogen-bond acceptors (Lipinski definition) is 5. The van der Waals surface area contributed by atoms with Crippen LogP contribution in [0.15, 0.2) is 52.3 Å². The van der Waals surface area contributed by atoms with E-state index in [-0.39, 0.29) is 49.6 Å². The van der Waals surface area contributed by atoms with E-state index in [4.69, 9.17) is 14.6 Å². The van der Waals surface area contributed by atoms with Gasteiger partial charge in [-0.05, 0) is 67.5 Å². The van der Waals surface area contributed by atoms with E-state index in [1.807, 2.05) is 0 Å². The van der Waals surface area contributed by atoms with Gasteiger partial charge in [-0.15, -0.1) is 0 Å². The van der Waals surface area contributed by atoms with Gasteiger partial charge in [-0.1, -0.05) is 23.9 Å². The molecular weight excluding hydrogens is 588 g/mol. The Hall–Kier alpha value is -3.19. The van der Waals surface area contributed by atoms with Gasteiger partial charge in [0.2, 0.25) is 5.91 Å². The van der Waals surface area contributed by atoms with Crippen LogP contribution < -0.4 is 4.74 Å². The van der Waals surface area contributed by atoms with E-state index in [9.17, 15) is 35.9 Å². The summed E-state index contributed by atoms with van der Waals surface area (Å²) in [6, 6.07) is 7.95. The molecule has 0 aromatic heterocycles. The average molecular weight is 618 g/mol. The molecule has 0 bridgehead atoms. The lowest BCUT2D eigenvalue weighted by molar-refractivity contribution is -0.163. The van der Waals surface area contributed by atoms with E-state index in [0.717, 1.165) is 24.3 Å². The highest BCUT2D eigenvalue weighted by Crippen LogP contribution is 2.48. The molecule has 1 saturated heterocycles. The van der Waals surface area contributed by atoms with Crippen molar-refractivity contribution in [1.29, 1.82) is 0 Å². The zero-order valence-corrected chi connectivity index (χ0v) is 23.2. The third-order valence-corrected chi connectivity index (χ3v) is 8.26. The fraction of sp³-hybridized carbons (Fsp3) is 0.448. The molecule has 1 aliphatic heterocycles. The van der Waals surface area contributed by atoms with Crippen LogP contribution in [-0.2, 0) is 26.7 Å². The van der Waals surface area contributed by atoms with Gasteiger partial charge in [0.25, 0.3) is 0 Å². The van der Waals surface area contributed by atoms with Crippen molar-refractivity contribution in [3.8, 4) is 5.75 Å². The topological polar surface area (TPSA) is 76.1 Å². The van der Waals surface area contributed by atoms with E-state index in [1.54, 1.807) is 6.07 Å². The van der Waals surface area contributed by atoms with Crippen molar-refractivity contribution in [3.63, 3.8) is 0 Å². The number of carbonyl (C=O) groups excluding carboxylic acids is 1. The lowest BCUT2D eigenvalue weighted by Crippen LogP contribution is -2.39. The molecule has 0 spiro atoms. The largest absolute Gasteiger partial charge is 0.493 e. The molecule has 13 heteroatoms. The van der Waals surface area contributed by atoms with Crippen molar-refractivity contribution in [2.24, 2.45) is 11.8 Å². The number of carboxylic acids is 1. The smallest absolute Gasteiger partial charge is 0.418 e.